The van der Waals surface area contributed by atoms with Gasteiger partial charge >= 0.3 is 0 Å². The number of carbonyl (C=O) groups excluding carboxylic acids is 1. The minimum absolute atomic E-state index is 0.0183. The fourth-order valence-electron chi connectivity index (χ4n) is 1.68. The van der Waals surface area contributed by atoms with E-state index in [9.17, 15) is 4.79 Å². The molecule has 102 valence electrons. The monoisotopic (exact) mass is 270 g/mol. The van der Waals surface area contributed by atoms with Crippen molar-refractivity contribution in [2.45, 2.75) is 33.6 Å². The molecule has 1 aromatic rings. The van der Waals surface area contributed by atoms with Gasteiger partial charge in [-0.1, -0.05) is 32.2 Å². The number of amides is 1. The predicted molar refractivity (Wildman–Crippen MR) is 73.8 cm³/mol. The van der Waals surface area contributed by atoms with Gasteiger partial charge in [-0.05, 0) is 29.4 Å². The summed E-state index contributed by atoms with van der Waals surface area (Å²) in [5, 5.41) is 4.03. The van der Waals surface area contributed by atoms with Gasteiger partial charge in [-0.2, -0.15) is 0 Å². The average Bonchev–Trinajstić information content (AvgIpc) is 2.76. The summed E-state index contributed by atoms with van der Waals surface area (Å²) >= 11 is 1.16. The van der Waals surface area contributed by atoms with Gasteiger partial charge in [0.25, 0.3) is 5.91 Å². The van der Waals surface area contributed by atoms with Gasteiger partial charge in [-0.15, -0.1) is 5.10 Å². The SMILES string of the molecule is CC(C)c1nnsc1C(=O)N(C)CC(C)(C)CN. The van der Waals surface area contributed by atoms with Crippen LogP contribution in [0.2, 0.25) is 0 Å². The summed E-state index contributed by atoms with van der Waals surface area (Å²) in [6.07, 6.45) is 0. The van der Waals surface area contributed by atoms with Crippen LogP contribution in [0.5, 0.6) is 0 Å². The van der Waals surface area contributed by atoms with Crippen LogP contribution in [0.3, 0.4) is 0 Å². The molecule has 18 heavy (non-hydrogen) atoms. The molecule has 0 atom stereocenters. The first-order valence-electron chi connectivity index (χ1n) is 6.06. The lowest BCUT2D eigenvalue weighted by atomic mass is 9.93. The summed E-state index contributed by atoms with van der Waals surface area (Å²) in [7, 11) is 1.80. The second-order valence-electron chi connectivity index (χ2n) is 5.67. The minimum atomic E-state index is -0.0828. The quantitative estimate of drug-likeness (QED) is 0.884. The molecule has 0 aromatic carbocycles. The molecule has 0 spiro atoms. The van der Waals surface area contributed by atoms with Gasteiger partial charge < -0.3 is 10.6 Å². The summed E-state index contributed by atoms with van der Waals surface area (Å²) < 4.78 is 3.88. The molecule has 1 amide bonds. The summed E-state index contributed by atoms with van der Waals surface area (Å²) in [6.45, 7) is 9.28. The van der Waals surface area contributed by atoms with Crippen molar-refractivity contribution in [2.75, 3.05) is 20.1 Å². The highest BCUT2D eigenvalue weighted by atomic mass is 32.1. The Kier molecular flexibility index (Phi) is 4.81. The number of hydrogen-bond donors (Lipinski definition) is 1. The van der Waals surface area contributed by atoms with E-state index in [0.29, 0.717) is 18.0 Å². The Labute approximate surface area is 113 Å². The van der Waals surface area contributed by atoms with Crippen LogP contribution in [-0.4, -0.2) is 40.5 Å². The molecule has 0 aliphatic rings. The minimum Gasteiger partial charge on any atom is -0.340 e. The predicted octanol–water partition coefficient (Wildman–Crippen LogP) is 1.72. The largest absolute Gasteiger partial charge is 0.340 e. The topological polar surface area (TPSA) is 72.1 Å². The normalized spacial score (nSPS) is 11.9. The number of nitrogens with two attached hydrogens (primary N) is 1. The highest BCUT2D eigenvalue weighted by Gasteiger charge is 2.26. The summed E-state index contributed by atoms with van der Waals surface area (Å²) in [5.74, 6) is 0.189. The summed E-state index contributed by atoms with van der Waals surface area (Å²) in [6, 6.07) is 0. The average molecular weight is 270 g/mol. The van der Waals surface area contributed by atoms with Crippen molar-refractivity contribution in [2.24, 2.45) is 11.1 Å². The third-order valence-electron chi connectivity index (χ3n) is 2.82. The van der Waals surface area contributed by atoms with Crippen molar-refractivity contribution in [3.05, 3.63) is 10.6 Å². The van der Waals surface area contributed by atoms with Gasteiger partial charge in [0, 0.05) is 13.6 Å². The fourth-order valence-corrected chi connectivity index (χ4v) is 2.49. The highest BCUT2D eigenvalue weighted by molar-refractivity contribution is 7.08. The Morgan fingerprint density at radius 2 is 2.11 bits per heavy atom. The van der Waals surface area contributed by atoms with E-state index in [0.717, 1.165) is 17.2 Å². The van der Waals surface area contributed by atoms with Crippen molar-refractivity contribution in [3.8, 4) is 0 Å². The first-order chi connectivity index (χ1) is 8.28. The van der Waals surface area contributed by atoms with Gasteiger partial charge in [-0.3, -0.25) is 4.79 Å². The lowest BCUT2D eigenvalue weighted by Crippen LogP contribution is -2.39. The van der Waals surface area contributed by atoms with Crippen molar-refractivity contribution in [3.63, 3.8) is 0 Å². The van der Waals surface area contributed by atoms with Crippen LogP contribution in [0.4, 0.5) is 0 Å². The fraction of sp³-hybridized carbons (Fsp3) is 0.750. The molecule has 0 saturated carbocycles. The maximum Gasteiger partial charge on any atom is 0.267 e. The second-order valence-corrected chi connectivity index (χ2v) is 6.43. The molecule has 0 unspecified atom stereocenters. The zero-order valence-electron chi connectivity index (χ0n) is 11.7. The maximum absolute atomic E-state index is 12.3. The van der Waals surface area contributed by atoms with E-state index in [-0.39, 0.29) is 17.2 Å². The van der Waals surface area contributed by atoms with Gasteiger partial charge in [-0.25, -0.2) is 0 Å². The summed E-state index contributed by atoms with van der Waals surface area (Å²) in [4.78, 5) is 14.7. The summed E-state index contributed by atoms with van der Waals surface area (Å²) in [5.41, 5.74) is 6.39. The molecule has 0 aliphatic carbocycles. The molecular formula is C12H22N4OS. The van der Waals surface area contributed by atoms with Crippen molar-refractivity contribution in [1.82, 2.24) is 14.5 Å². The van der Waals surface area contributed by atoms with E-state index in [2.05, 4.69) is 9.59 Å². The first-order valence-corrected chi connectivity index (χ1v) is 6.83. The van der Waals surface area contributed by atoms with E-state index in [1.165, 1.54) is 0 Å². The van der Waals surface area contributed by atoms with Gasteiger partial charge in [0.2, 0.25) is 0 Å². The third kappa shape index (κ3) is 3.49. The van der Waals surface area contributed by atoms with Crippen LogP contribution in [0.15, 0.2) is 0 Å². The molecule has 0 bridgehead atoms. The van der Waals surface area contributed by atoms with Gasteiger partial charge in [0.15, 0.2) is 0 Å². The van der Waals surface area contributed by atoms with Crippen molar-refractivity contribution >= 4 is 17.4 Å². The Morgan fingerprint density at radius 1 is 1.50 bits per heavy atom. The molecule has 2 N–H and O–H groups in total. The number of nitrogens with zero attached hydrogens (tertiary/aromatic N) is 3. The van der Waals surface area contributed by atoms with Crippen LogP contribution in [0.1, 0.15) is 49.0 Å². The lowest BCUT2D eigenvalue weighted by molar-refractivity contribution is 0.0743. The van der Waals surface area contributed by atoms with E-state index in [1.807, 2.05) is 27.7 Å². The van der Waals surface area contributed by atoms with E-state index >= 15 is 0 Å². The molecule has 0 radical (unpaired) electrons. The second kappa shape index (κ2) is 5.75. The van der Waals surface area contributed by atoms with E-state index < -0.39 is 0 Å². The molecule has 6 heteroatoms. The van der Waals surface area contributed by atoms with Crippen LogP contribution < -0.4 is 5.73 Å². The van der Waals surface area contributed by atoms with Crippen LogP contribution in [0, 0.1) is 5.41 Å². The molecule has 0 fully saturated rings. The zero-order valence-corrected chi connectivity index (χ0v) is 12.5. The van der Waals surface area contributed by atoms with Crippen LogP contribution >= 0.6 is 11.5 Å². The van der Waals surface area contributed by atoms with Crippen LogP contribution in [0.25, 0.3) is 0 Å². The number of aromatic nitrogens is 2. The number of carbonyl (C=O) groups is 1. The molecule has 0 saturated heterocycles. The maximum atomic E-state index is 12.3. The Hall–Kier alpha value is -1.01. The first kappa shape index (κ1) is 15.0. The highest BCUT2D eigenvalue weighted by Crippen LogP contribution is 2.22. The Balaban J connectivity index is 2.84. The molecule has 1 aromatic heterocycles. The molecule has 1 heterocycles. The van der Waals surface area contributed by atoms with Crippen molar-refractivity contribution in [1.29, 1.82) is 0 Å². The number of hydrogen-bond acceptors (Lipinski definition) is 5. The number of rotatable bonds is 5. The molecule has 0 aliphatic heterocycles. The molecule has 5 nitrogen and oxygen atoms in total. The van der Waals surface area contributed by atoms with E-state index in [4.69, 9.17) is 5.73 Å². The van der Waals surface area contributed by atoms with Gasteiger partial charge in [0.05, 0.1) is 5.69 Å². The van der Waals surface area contributed by atoms with E-state index in [1.54, 1.807) is 11.9 Å². The smallest absolute Gasteiger partial charge is 0.267 e. The molecular weight excluding hydrogens is 248 g/mol. The molecule has 1 rings (SSSR count). The zero-order chi connectivity index (χ0) is 13.9. The Morgan fingerprint density at radius 3 is 2.61 bits per heavy atom. The third-order valence-corrected chi connectivity index (χ3v) is 3.55. The van der Waals surface area contributed by atoms with Gasteiger partial charge in [0.1, 0.15) is 4.88 Å². The lowest BCUT2D eigenvalue weighted by Gasteiger charge is -2.28. The standard InChI is InChI=1S/C12H22N4OS/c1-8(2)9-10(18-15-14-9)11(17)16(5)7-12(3,4)6-13/h8H,6-7,13H2,1-5H3. The van der Waals surface area contributed by atoms with Crippen LogP contribution in [-0.2, 0) is 0 Å². The van der Waals surface area contributed by atoms with Crippen molar-refractivity contribution < 1.29 is 4.79 Å². The Bertz CT molecular complexity index is 414.